The lowest BCUT2D eigenvalue weighted by atomic mass is 10.0. The summed E-state index contributed by atoms with van der Waals surface area (Å²) < 4.78 is 42.9. The maximum atomic E-state index is 14.5. The summed E-state index contributed by atoms with van der Waals surface area (Å²) in [6, 6.07) is 8.80. The van der Waals surface area contributed by atoms with Gasteiger partial charge in [-0.05, 0) is 25.0 Å². The van der Waals surface area contributed by atoms with Gasteiger partial charge in [0.05, 0.1) is 5.69 Å². The second kappa shape index (κ2) is 7.90. The number of carbonyl (C=O) groups excluding carboxylic acids is 1. The van der Waals surface area contributed by atoms with Gasteiger partial charge in [-0.2, -0.15) is 8.78 Å². The number of benzene rings is 2. The highest BCUT2D eigenvalue weighted by atomic mass is 19.3. The standard InChI is InChI=1S/C18H17F3N2O3/c19-16-12(7-4-8-15(24)25)13(22)9-10-14(16)23-17(26)18(20,21)11-5-2-1-3-6-11/h1-3,5-6,9-10H,4,7-8,22H2,(H,23,26)(H,24,25). The molecule has 2 aromatic rings. The summed E-state index contributed by atoms with van der Waals surface area (Å²) in [7, 11) is 0. The van der Waals surface area contributed by atoms with Crippen molar-refractivity contribution < 1.29 is 27.9 Å². The molecule has 0 bridgehead atoms. The minimum atomic E-state index is -3.85. The van der Waals surface area contributed by atoms with Crippen LogP contribution >= 0.6 is 0 Å². The van der Waals surface area contributed by atoms with E-state index in [1.54, 1.807) is 0 Å². The molecule has 0 aliphatic carbocycles. The number of hydrogen-bond acceptors (Lipinski definition) is 3. The SMILES string of the molecule is Nc1ccc(NC(=O)C(F)(F)c2ccccc2)c(F)c1CCCC(=O)O. The van der Waals surface area contributed by atoms with E-state index in [0.29, 0.717) is 0 Å². The van der Waals surface area contributed by atoms with Crippen LogP contribution in [0.25, 0.3) is 0 Å². The molecular weight excluding hydrogens is 349 g/mol. The molecule has 0 aliphatic heterocycles. The molecule has 0 radical (unpaired) electrons. The number of nitrogens with two attached hydrogens (primary N) is 1. The number of amides is 1. The Balaban J connectivity index is 2.21. The van der Waals surface area contributed by atoms with Crippen molar-refractivity contribution in [3.8, 4) is 0 Å². The van der Waals surface area contributed by atoms with E-state index >= 15 is 0 Å². The predicted molar refractivity (Wildman–Crippen MR) is 90.4 cm³/mol. The maximum absolute atomic E-state index is 14.5. The number of carbonyl (C=O) groups is 2. The summed E-state index contributed by atoms with van der Waals surface area (Å²) in [6.45, 7) is 0. The Bertz CT molecular complexity index is 811. The third-order valence-corrected chi connectivity index (χ3v) is 3.77. The predicted octanol–water partition coefficient (Wildman–Crippen LogP) is 3.55. The third kappa shape index (κ3) is 4.33. The number of aliphatic carboxylic acids is 1. The molecule has 0 saturated heterocycles. The first-order valence-corrected chi connectivity index (χ1v) is 7.77. The summed E-state index contributed by atoms with van der Waals surface area (Å²) in [5.41, 5.74) is 4.74. The van der Waals surface area contributed by atoms with Gasteiger partial charge in [-0.25, -0.2) is 4.39 Å². The lowest BCUT2D eigenvalue weighted by molar-refractivity contribution is -0.141. The summed E-state index contributed by atoms with van der Waals surface area (Å²) in [6.07, 6.45) is -0.0711. The molecule has 0 saturated carbocycles. The molecule has 1 amide bonds. The van der Waals surface area contributed by atoms with Gasteiger partial charge in [-0.1, -0.05) is 30.3 Å². The highest BCUT2D eigenvalue weighted by Gasteiger charge is 2.41. The van der Waals surface area contributed by atoms with Gasteiger partial charge in [0.15, 0.2) is 5.82 Å². The van der Waals surface area contributed by atoms with Crippen LogP contribution in [0.2, 0.25) is 0 Å². The first-order chi connectivity index (χ1) is 12.2. The van der Waals surface area contributed by atoms with E-state index in [1.165, 1.54) is 24.3 Å². The molecule has 5 nitrogen and oxygen atoms in total. The zero-order valence-corrected chi connectivity index (χ0v) is 13.6. The van der Waals surface area contributed by atoms with Gasteiger partial charge in [0.25, 0.3) is 5.91 Å². The van der Waals surface area contributed by atoms with Crippen molar-refractivity contribution in [2.75, 3.05) is 11.1 Å². The molecule has 0 aromatic heterocycles. The number of anilines is 2. The van der Waals surface area contributed by atoms with Crippen molar-refractivity contribution in [3.63, 3.8) is 0 Å². The molecule has 138 valence electrons. The molecule has 0 aliphatic rings. The highest BCUT2D eigenvalue weighted by molar-refractivity contribution is 5.97. The third-order valence-electron chi connectivity index (χ3n) is 3.77. The van der Waals surface area contributed by atoms with E-state index in [-0.39, 0.29) is 30.5 Å². The summed E-state index contributed by atoms with van der Waals surface area (Å²) in [5.74, 6) is -7.52. The van der Waals surface area contributed by atoms with Crippen LogP contribution in [0.4, 0.5) is 24.5 Å². The number of nitrogen functional groups attached to an aromatic ring is 1. The average Bonchev–Trinajstić information content (AvgIpc) is 2.60. The molecular formula is C18H17F3N2O3. The molecule has 26 heavy (non-hydrogen) atoms. The van der Waals surface area contributed by atoms with Gasteiger partial charge in [-0.3, -0.25) is 9.59 Å². The zero-order chi connectivity index (χ0) is 19.3. The van der Waals surface area contributed by atoms with Crippen LogP contribution in [0.1, 0.15) is 24.0 Å². The summed E-state index contributed by atoms with van der Waals surface area (Å²) in [5, 5.41) is 10.5. The molecule has 8 heteroatoms. The van der Waals surface area contributed by atoms with E-state index in [4.69, 9.17) is 10.8 Å². The van der Waals surface area contributed by atoms with Crippen LogP contribution in [-0.2, 0) is 21.9 Å². The van der Waals surface area contributed by atoms with E-state index in [2.05, 4.69) is 0 Å². The quantitative estimate of drug-likeness (QED) is 0.654. The maximum Gasteiger partial charge on any atom is 0.350 e. The number of nitrogens with one attached hydrogen (secondary N) is 1. The molecule has 0 unspecified atom stereocenters. The monoisotopic (exact) mass is 366 g/mol. The molecule has 2 aromatic carbocycles. The Hall–Kier alpha value is -3.03. The van der Waals surface area contributed by atoms with E-state index in [0.717, 1.165) is 18.2 Å². The summed E-state index contributed by atoms with van der Waals surface area (Å²) >= 11 is 0. The Kier molecular flexibility index (Phi) is 5.86. The molecule has 0 spiro atoms. The average molecular weight is 366 g/mol. The van der Waals surface area contributed by atoms with Crippen LogP contribution in [0, 0.1) is 5.82 Å². The van der Waals surface area contributed by atoms with Gasteiger partial charge < -0.3 is 16.2 Å². The number of halogens is 3. The Morgan fingerprint density at radius 2 is 1.77 bits per heavy atom. The molecule has 4 N–H and O–H groups in total. The lowest BCUT2D eigenvalue weighted by Crippen LogP contribution is -2.32. The topological polar surface area (TPSA) is 92.4 Å². The summed E-state index contributed by atoms with van der Waals surface area (Å²) in [4.78, 5) is 22.5. The lowest BCUT2D eigenvalue weighted by Gasteiger charge is -2.18. The van der Waals surface area contributed by atoms with Crippen LogP contribution in [-0.4, -0.2) is 17.0 Å². The number of hydrogen-bond donors (Lipinski definition) is 3. The van der Waals surface area contributed by atoms with Crippen LogP contribution in [0.15, 0.2) is 42.5 Å². The van der Waals surface area contributed by atoms with Gasteiger partial charge in [0.2, 0.25) is 0 Å². The van der Waals surface area contributed by atoms with Crippen LogP contribution in [0.5, 0.6) is 0 Å². The van der Waals surface area contributed by atoms with Crippen LogP contribution < -0.4 is 11.1 Å². The highest BCUT2D eigenvalue weighted by Crippen LogP contribution is 2.31. The first-order valence-electron chi connectivity index (χ1n) is 7.77. The molecule has 0 atom stereocenters. The fourth-order valence-electron chi connectivity index (χ4n) is 2.38. The largest absolute Gasteiger partial charge is 0.481 e. The number of carboxylic acid groups (broad SMARTS) is 1. The second-order valence-corrected chi connectivity index (χ2v) is 5.64. The number of rotatable bonds is 7. The molecule has 0 heterocycles. The van der Waals surface area contributed by atoms with Crippen molar-refractivity contribution >= 4 is 23.3 Å². The minimum Gasteiger partial charge on any atom is -0.481 e. The number of alkyl halides is 2. The van der Waals surface area contributed by atoms with Crippen molar-refractivity contribution in [1.82, 2.24) is 0 Å². The normalized spacial score (nSPS) is 11.2. The van der Waals surface area contributed by atoms with Crippen molar-refractivity contribution in [1.29, 1.82) is 0 Å². The molecule has 2 rings (SSSR count). The van der Waals surface area contributed by atoms with Crippen molar-refractivity contribution in [3.05, 3.63) is 59.4 Å². The van der Waals surface area contributed by atoms with E-state index < -0.39 is 34.9 Å². The van der Waals surface area contributed by atoms with Gasteiger partial charge >= 0.3 is 11.9 Å². The van der Waals surface area contributed by atoms with Gasteiger partial charge in [0.1, 0.15) is 0 Å². The first kappa shape index (κ1) is 19.3. The Labute approximate surface area is 147 Å². The Morgan fingerprint density at radius 1 is 1.12 bits per heavy atom. The zero-order valence-electron chi connectivity index (χ0n) is 13.6. The fraction of sp³-hybridized carbons (Fsp3) is 0.222. The van der Waals surface area contributed by atoms with E-state index in [1.807, 2.05) is 5.32 Å². The van der Waals surface area contributed by atoms with Gasteiger partial charge in [-0.15, -0.1) is 0 Å². The molecule has 0 fully saturated rings. The van der Waals surface area contributed by atoms with Gasteiger partial charge in [0, 0.05) is 23.2 Å². The number of carboxylic acids is 1. The second-order valence-electron chi connectivity index (χ2n) is 5.64. The van der Waals surface area contributed by atoms with E-state index in [9.17, 15) is 22.8 Å². The minimum absolute atomic E-state index is 0.00273. The Morgan fingerprint density at radius 3 is 2.38 bits per heavy atom. The van der Waals surface area contributed by atoms with Crippen molar-refractivity contribution in [2.45, 2.75) is 25.2 Å². The van der Waals surface area contributed by atoms with Crippen LogP contribution in [0.3, 0.4) is 0 Å². The smallest absolute Gasteiger partial charge is 0.350 e. The van der Waals surface area contributed by atoms with Crippen molar-refractivity contribution in [2.24, 2.45) is 0 Å². The fourth-order valence-corrected chi connectivity index (χ4v) is 2.38.